The smallest absolute Gasteiger partial charge is 0.261 e. The highest BCUT2D eigenvalue weighted by Crippen LogP contribution is 2.24. The summed E-state index contributed by atoms with van der Waals surface area (Å²) in [5.41, 5.74) is 3.02. The zero-order valence-electron chi connectivity index (χ0n) is 18.7. The molecule has 0 saturated carbocycles. The highest BCUT2D eigenvalue weighted by atomic mass is 35.5. The molecule has 0 radical (unpaired) electrons. The van der Waals surface area contributed by atoms with Gasteiger partial charge in [0.2, 0.25) is 5.91 Å². The number of hydrogen-bond acceptors (Lipinski definition) is 3. The monoisotopic (exact) mass is 464 g/mol. The first-order valence-electron chi connectivity index (χ1n) is 10.4. The Labute approximate surface area is 194 Å². The fraction of sp³-hybridized carbons (Fsp3) is 0.417. The third-order valence-corrected chi connectivity index (χ3v) is 5.73. The summed E-state index contributed by atoms with van der Waals surface area (Å²) in [5.74, 6) is 0.137. The van der Waals surface area contributed by atoms with Gasteiger partial charge in [-0.25, -0.2) is 0 Å². The minimum atomic E-state index is -0.632. The molecule has 2 amide bonds. The van der Waals surface area contributed by atoms with Gasteiger partial charge in [0, 0.05) is 12.6 Å². The number of amides is 2. The van der Waals surface area contributed by atoms with Crippen LogP contribution in [0.25, 0.3) is 0 Å². The fourth-order valence-electron chi connectivity index (χ4n) is 3.17. The number of carbonyl (C=O) groups is 2. The summed E-state index contributed by atoms with van der Waals surface area (Å²) in [6, 6.07) is 10.2. The molecule has 0 unspecified atom stereocenters. The van der Waals surface area contributed by atoms with Crippen LogP contribution >= 0.6 is 23.2 Å². The second-order valence-electron chi connectivity index (χ2n) is 7.89. The van der Waals surface area contributed by atoms with E-state index >= 15 is 0 Å². The number of benzene rings is 2. The standard InChI is InChI=1S/C24H30Cl2N2O3/c1-6-22(24(30)27-15(2)3)28(13-18-8-10-20(25)21(26)12-18)23(29)14-31-19-9-7-16(4)17(5)11-19/h7-12,15,22H,6,13-14H2,1-5H3,(H,27,30)/t22-/m0/s1. The molecule has 1 N–H and O–H groups in total. The number of hydrogen-bond donors (Lipinski definition) is 1. The number of halogens is 2. The van der Waals surface area contributed by atoms with E-state index in [0.29, 0.717) is 22.2 Å². The SMILES string of the molecule is CC[C@@H](C(=O)NC(C)C)N(Cc1ccc(Cl)c(Cl)c1)C(=O)COc1ccc(C)c(C)c1. The zero-order chi connectivity index (χ0) is 23.1. The Kier molecular flexibility index (Phi) is 9.20. The topological polar surface area (TPSA) is 58.6 Å². The Balaban J connectivity index is 2.25. The predicted octanol–water partition coefficient (Wildman–Crippen LogP) is 5.32. The number of rotatable bonds is 9. The lowest BCUT2D eigenvalue weighted by Gasteiger charge is -2.31. The lowest BCUT2D eigenvalue weighted by atomic mass is 10.1. The van der Waals surface area contributed by atoms with Gasteiger partial charge in [0.05, 0.1) is 10.0 Å². The lowest BCUT2D eigenvalue weighted by Crippen LogP contribution is -2.51. The van der Waals surface area contributed by atoms with Crippen LogP contribution in [0.15, 0.2) is 36.4 Å². The Morgan fingerprint density at radius 1 is 1.03 bits per heavy atom. The van der Waals surface area contributed by atoms with Gasteiger partial charge in [0.15, 0.2) is 6.61 Å². The van der Waals surface area contributed by atoms with Crippen LogP contribution in [0, 0.1) is 13.8 Å². The fourth-order valence-corrected chi connectivity index (χ4v) is 3.49. The third kappa shape index (κ3) is 7.15. The summed E-state index contributed by atoms with van der Waals surface area (Å²) in [6.07, 6.45) is 0.468. The molecule has 7 heteroatoms. The van der Waals surface area contributed by atoms with Gasteiger partial charge in [0.25, 0.3) is 5.91 Å². The number of aryl methyl sites for hydroxylation is 2. The number of carbonyl (C=O) groups excluding carboxylic acids is 2. The molecule has 0 aliphatic heterocycles. The summed E-state index contributed by atoms with van der Waals surface area (Å²) in [4.78, 5) is 27.5. The Morgan fingerprint density at radius 3 is 2.32 bits per heavy atom. The van der Waals surface area contributed by atoms with E-state index < -0.39 is 6.04 Å². The summed E-state index contributed by atoms with van der Waals surface area (Å²) < 4.78 is 5.75. The molecule has 5 nitrogen and oxygen atoms in total. The predicted molar refractivity (Wildman–Crippen MR) is 126 cm³/mol. The summed E-state index contributed by atoms with van der Waals surface area (Å²) in [5, 5.41) is 3.74. The van der Waals surface area contributed by atoms with E-state index in [9.17, 15) is 9.59 Å². The van der Waals surface area contributed by atoms with Crippen LogP contribution in [0.4, 0.5) is 0 Å². The van der Waals surface area contributed by atoms with E-state index in [2.05, 4.69) is 5.32 Å². The minimum Gasteiger partial charge on any atom is -0.484 e. The van der Waals surface area contributed by atoms with Crippen molar-refractivity contribution in [2.45, 2.75) is 59.7 Å². The quantitative estimate of drug-likeness (QED) is 0.545. The first-order chi connectivity index (χ1) is 14.6. The normalized spacial score (nSPS) is 11.9. The maximum Gasteiger partial charge on any atom is 0.261 e. The number of nitrogens with one attached hydrogen (secondary N) is 1. The van der Waals surface area contributed by atoms with Gasteiger partial charge >= 0.3 is 0 Å². The number of ether oxygens (including phenoxy) is 1. The lowest BCUT2D eigenvalue weighted by molar-refractivity contribution is -0.143. The van der Waals surface area contributed by atoms with Crippen LogP contribution in [-0.4, -0.2) is 35.4 Å². The van der Waals surface area contributed by atoms with Crippen molar-refractivity contribution in [3.63, 3.8) is 0 Å². The summed E-state index contributed by atoms with van der Waals surface area (Å²) >= 11 is 12.2. The molecule has 0 heterocycles. The average Bonchev–Trinajstić information content (AvgIpc) is 2.70. The molecule has 0 aliphatic carbocycles. The molecule has 0 fully saturated rings. The van der Waals surface area contributed by atoms with Crippen molar-refractivity contribution in [3.05, 3.63) is 63.1 Å². The van der Waals surface area contributed by atoms with E-state index in [1.165, 1.54) is 0 Å². The van der Waals surface area contributed by atoms with Crippen LogP contribution in [-0.2, 0) is 16.1 Å². The van der Waals surface area contributed by atoms with Crippen molar-refractivity contribution in [3.8, 4) is 5.75 Å². The molecule has 2 rings (SSSR count). The second-order valence-corrected chi connectivity index (χ2v) is 8.71. The molecule has 2 aromatic carbocycles. The van der Waals surface area contributed by atoms with E-state index in [-0.39, 0.29) is 31.0 Å². The van der Waals surface area contributed by atoms with E-state index in [0.717, 1.165) is 16.7 Å². The molecule has 0 aliphatic rings. The van der Waals surface area contributed by atoms with Gasteiger partial charge in [-0.05, 0) is 75.1 Å². The minimum absolute atomic E-state index is 0.0322. The van der Waals surface area contributed by atoms with Crippen molar-refractivity contribution in [1.82, 2.24) is 10.2 Å². The van der Waals surface area contributed by atoms with Gasteiger partial charge in [0.1, 0.15) is 11.8 Å². The highest BCUT2D eigenvalue weighted by molar-refractivity contribution is 6.42. The molecule has 0 bridgehead atoms. The number of nitrogens with zero attached hydrogens (tertiary/aromatic N) is 1. The van der Waals surface area contributed by atoms with E-state index in [4.69, 9.17) is 27.9 Å². The molecular formula is C24H30Cl2N2O3. The Bertz CT molecular complexity index is 931. The van der Waals surface area contributed by atoms with Gasteiger partial charge in [-0.15, -0.1) is 0 Å². The second kappa shape index (κ2) is 11.4. The van der Waals surface area contributed by atoms with Crippen LogP contribution in [0.3, 0.4) is 0 Å². The zero-order valence-corrected chi connectivity index (χ0v) is 20.2. The van der Waals surface area contributed by atoms with E-state index in [1.54, 1.807) is 23.1 Å². The van der Waals surface area contributed by atoms with Gasteiger partial charge < -0.3 is 15.0 Å². The van der Waals surface area contributed by atoms with Crippen LogP contribution in [0.2, 0.25) is 10.0 Å². The van der Waals surface area contributed by atoms with Gasteiger partial charge in [-0.1, -0.05) is 42.3 Å². The highest BCUT2D eigenvalue weighted by Gasteiger charge is 2.29. The average molecular weight is 465 g/mol. The Morgan fingerprint density at radius 2 is 1.74 bits per heavy atom. The van der Waals surface area contributed by atoms with Crippen molar-refractivity contribution in [2.75, 3.05) is 6.61 Å². The van der Waals surface area contributed by atoms with Crippen molar-refractivity contribution >= 4 is 35.0 Å². The third-order valence-electron chi connectivity index (χ3n) is 4.99. The molecule has 0 aromatic heterocycles. The van der Waals surface area contributed by atoms with Crippen molar-refractivity contribution in [1.29, 1.82) is 0 Å². The first-order valence-corrected chi connectivity index (χ1v) is 11.1. The summed E-state index contributed by atoms with van der Waals surface area (Å²) in [6.45, 7) is 9.71. The molecule has 168 valence electrons. The van der Waals surface area contributed by atoms with Crippen molar-refractivity contribution < 1.29 is 14.3 Å². The van der Waals surface area contributed by atoms with Gasteiger partial charge in [-0.3, -0.25) is 9.59 Å². The van der Waals surface area contributed by atoms with E-state index in [1.807, 2.05) is 52.8 Å². The first kappa shape index (κ1) is 25.0. The molecular weight excluding hydrogens is 435 g/mol. The summed E-state index contributed by atoms with van der Waals surface area (Å²) in [7, 11) is 0. The van der Waals surface area contributed by atoms with Crippen LogP contribution < -0.4 is 10.1 Å². The Hall–Kier alpha value is -2.24. The largest absolute Gasteiger partial charge is 0.484 e. The molecule has 31 heavy (non-hydrogen) atoms. The molecule has 0 spiro atoms. The van der Waals surface area contributed by atoms with Crippen molar-refractivity contribution in [2.24, 2.45) is 0 Å². The molecule has 0 saturated heterocycles. The van der Waals surface area contributed by atoms with Crippen LogP contribution in [0.5, 0.6) is 5.75 Å². The maximum atomic E-state index is 13.2. The molecule has 1 atom stereocenters. The molecule has 2 aromatic rings. The van der Waals surface area contributed by atoms with Gasteiger partial charge in [-0.2, -0.15) is 0 Å². The van der Waals surface area contributed by atoms with Crippen LogP contribution in [0.1, 0.15) is 43.9 Å². The maximum absolute atomic E-state index is 13.2.